The molecule has 1 heteroatoms. The molecular formula is C43H33N. The SMILES string of the molecule is [2H]/C(=C(/[2H])c1ccc2c(ccc3cc(N(c4ccccc4)c4ccccc4)ccc32)c1)c1ccc2c(c1)C(C)(C)c1ccccc1-2. The second kappa shape index (κ2) is 10.4. The topological polar surface area (TPSA) is 3.24 Å². The maximum Gasteiger partial charge on any atom is 0.0629 e. The minimum absolute atomic E-state index is 0.145. The molecule has 1 nitrogen and oxygen atoms in total. The van der Waals surface area contributed by atoms with Crippen LogP contribution < -0.4 is 4.90 Å². The summed E-state index contributed by atoms with van der Waals surface area (Å²) < 4.78 is 18.1. The highest BCUT2D eigenvalue weighted by Gasteiger charge is 2.34. The van der Waals surface area contributed by atoms with Crippen molar-refractivity contribution in [3.05, 3.63) is 174 Å². The molecule has 0 aliphatic heterocycles. The first-order valence-electron chi connectivity index (χ1n) is 16.2. The van der Waals surface area contributed by atoms with Gasteiger partial charge in [0.2, 0.25) is 0 Å². The maximum absolute atomic E-state index is 9.04. The van der Waals surface area contributed by atoms with Gasteiger partial charge in [0.05, 0.1) is 2.74 Å². The van der Waals surface area contributed by atoms with Gasteiger partial charge in [0.15, 0.2) is 0 Å². The van der Waals surface area contributed by atoms with E-state index in [0.29, 0.717) is 0 Å². The van der Waals surface area contributed by atoms with E-state index >= 15 is 0 Å². The summed E-state index contributed by atoms with van der Waals surface area (Å²) in [4.78, 5) is 2.28. The Hall–Kier alpha value is -5.40. The highest BCUT2D eigenvalue weighted by molar-refractivity contribution is 6.09. The molecule has 0 aromatic heterocycles. The Kier molecular flexibility index (Phi) is 5.69. The highest BCUT2D eigenvalue weighted by atomic mass is 15.1. The van der Waals surface area contributed by atoms with E-state index < -0.39 is 0 Å². The van der Waals surface area contributed by atoms with Gasteiger partial charge in [-0.1, -0.05) is 135 Å². The third-order valence-electron chi connectivity index (χ3n) is 9.04. The molecule has 0 N–H and O–H groups in total. The lowest BCUT2D eigenvalue weighted by atomic mass is 9.82. The van der Waals surface area contributed by atoms with Crippen LogP contribution in [0.4, 0.5) is 17.1 Å². The molecule has 0 unspecified atom stereocenters. The molecule has 210 valence electrons. The molecular weight excluding hydrogens is 530 g/mol. The molecule has 1 aliphatic carbocycles. The Balaban J connectivity index is 1.16. The molecule has 1 aliphatic rings. The number of anilines is 3. The van der Waals surface area contributed by atoms with Crippen molar-refractivity contribution in [1.82, 2.24) is 0 Å². The van der Waals surface area contributed by atoms with Crippen LogP contribution >= 0.6 is 0 Å². The molecule has 7 aromatic carbocycles. The zero-order valence-electron chi connectivity index (χ0n) is 26.9. The van der Waals surface area contributed by atoms with Crippen LogP contribution in [0.1, 0.15) is 38.8 Å². The third-order valence-corrected chi connectivity index (χ3v) is 9.04. The van der Waals surface area contributed by atoms with E-state index in [1.165, 1.54) is 22.3 Å². The van der Waals surface area contributed by atoms with Crippen molar-refractivity contribution in [3.63, 3.8) is 0 Å². The number of para-hydroxylation sites is 2. The molecule has 0 fully saturated rings. The zero-order valence-corrected chi connectivity index (χ0v) is 24.9. The molecule has 0 amide bonds. The molecule has 8 rings (SSSR count). The van der Waals surface area contributed by atoms with Gasteiger partial charge in [0.25, 0.3) is 0 Å². The molecule has 44 heavy (non-hydrogen) atoms. The van der Waals surface area contributed by atoms with Gasteiger partial charge in [0.1, 0.15) is 0 Å². The average Bonchev–Trinajstić information content (AvgIpc) is 3.34. The number of nitrogens with zero attached hydrogens (tertiary/aromatic N) is 1. The van der Waals surface area contributed by atoms with E-state index in [4.69, 9.17) is 2.74 Å². The Morgan fingerprint density at radius 1 is 0.477 bits per heavy atom. The third kappa shape index (κ3) is 4.41. The Bertz CT molecular complexity index is 2260. The fourth-order valence-electron chi connectivity index (χ4n) is 6.80. The molecule has 0 radical (unpaired) electrons. The smallest absolute Gasteiger partial charge is 0.0629 e. The van der Waals surface area contributed by atoms with E-state index in [2.05, 4.69) is 140 Å². The first kappa shape index (κ1) is 24.1. The summed E-state index contributed by atoms with van der Waals surface area (Å²) in [5.74, 6) is 0. The molecule has 0 atom stereocenters. The second-order valence-corrected chi connectivity index (χ2v) is 12.1. The Morgan fingerprint density at radius 3 is 1.73 bits per heavy atom. The van der Waals surface area contributed by atoms with Gasteiger partial charge >= 0.3 is 0 Å². The Labute approximate surface area is 262 Å². The number of hydrogen-bond donors (Lipinski definition) is 0. The first-order valence-corrected chi connectivity index (χ1v) is 15.2. The van der Waals surface area contributed by atoms with Gasteiger partial charge in [0, 0.05) is 22.5 Å². The highest BCUT2D eigenvalue weighted by Crippen LogP contribution is 2.48. The number of rotatable bonds is 5. The second-order valence-electron chi connectivity index (χ2n) is 12.1. The molecule has 0 spiro atoms. The van der Waals surface area contributed by atoms with Crippen LogP contribution in [0, 0.1) is 0 Å². The van der Waals surface area contributed by atoms with Crippen molar-refractivity contribution in [1.29, 1.82) is 0 Å². The maximum atomic E-state index is 9.04. The van der Waals surface area contributed by atoms with Crippen molar-refractivity contribution >= 4 is 50.7 Å². The van der Waals surface area contributed by atoms with Gasteiger partial charge < -0.3 is 4.90 Å². The average molecular weight is 566 g/mol. The number of fused-ring (bicyclic) bond motifs is 6. The summed E-state index contributed by atoms with van der Waals surface area (Å²) in [7, 11) is 0. The van der Waals surface area contributed by atoms with Crippen LogP contribution in [0.2, 0.25) is 0 Å². The van der Waals surface area contributed by atoms with E-state index in [9.17, 15) is 0 Å². The van der Waals surface area contributed by atoms with Gasteiger partial charge in [-0.25, -0.2) is 0 Å². The monoisotopic (exact) mass is 565 g/mol. The molecule has 0 saturated carbocycles. The normalized spacial score (nSPS) is 14.4. The standard InChI is InChI=1S/C43H33N/c1-43(2)41-16-10-9-15-39(41)40-25-20-31(28-42(40)43)18-17-30-19-24-37-32(27-30)21-22-33-29-36(23-26-38(33)37)44(34-11-5-3-6-12-34)35-13-7-4-8-14-35/h3-29H,1-2H3/b18-17+/i17D,18D. The van der Waals surface area contributed by atoms with Gasteiger partial charge in [-0.15, -0.1) is 0 Å². The molecule has 0 bridgehead atoms. The Morgan fingerprint density at radius 2 is 1.02 bits per heavy atom. The van der Waals surface area contributed by atoms with Gasteiger partial charge in [-0.2, -0.15) is 0 Å². The summed E-state index contributed by atoms with van der Waals surface area (Å²) >= 11 is 0. The summed E-state index contributed by atoms with van der Waals surface area (Å²) in [6.45, 7) is 4.49. The molecule has 0 heterocycles. The van der Waals surface area contributed by atoms with E-state index in [-0.39, 0.29) is 17.5 Å². The van der Waals surface area contributed by atoms with Crippen molar-refractivity contribution in [2.24, 2.45) is 0 Å². The summed E-state index contributed by atoms with van der Waals surface area (Å²) in [5.41, 5.74) is 9.69. The lowest BCUT2D eigenvalue weighted by Gasteiger charge is -2.25. The van der Waals surface area contributed by atoms with Crippen LogP contribution in [0.25, 0.3) is 44.8 Å². The van der Waals surface area contributed by atoms with Crippen molar-refractivity contribution in [2.45, 2.75) is 19.3 Å². The largest absolute Gasteiger partial charge is 0.310 e. The quantitative estimate of drug-likeness (QED) is 0.148. The predicted molar refractivity (Wildman–Crippen MR) is 189 cm³/mol. The fourth-order valence-corrected chi connectivity index (χ4v) is 6.80. The molecule has 0 saturated heterocycles. The van der Waals surface area contributed by atoms with Crippen molar-refractivity contribution in [2.75, 3.05) is 4.90 Å². The lowest BCUT2D eigenvalue weighted by molar-refractivity contribution is 0.660. The summed E-state index contributed by atoms with van der Waals surface area (Å²) in [6.07, 6.45) is 0. The summed E-state index contributed by atoms with van der Waals surface area (Å²) in [5, 5.41) is 4.51. The number of benzene rings is 7. The van der Waals surface area contributed by atoms with Crippen LogP contribution in [0.5, 0.6) is 0 Å². The summed E-state index contributed by atoms with van der Waals surface area (Å²) in [6, 6.07) is 53.2. The van der Waals surface area contributed by atoms with Crippen LogP contribution in [0.3, 0.4) is 0 Å². The van der Waals surface area contributed by atoms with E-state index in [1.54, 1.807) is 0 Å². The fraction of sp³-hybridized carbons (Fsp3) is 0.0698. The van der Waals surface area contributed by atoms with Crippen LogP contribution in [-0.4, -0.2) is 0 Å². The lowest BCUT2D eigenvalue weighted by Crippen LogP contribution is -2.14. The first-order chi connectivity index (χ1) is 22.4. The minimum atomic E-state index is -0.145. The number of hydrogen-bond acceptors (Lipinski definition) is 1. The molecule has 7 aromatic rings. The minimum Gasteiger partial charge on any atom is -0.310 e. The van der Waals surface area contributed by atoms with Crippen molar-refractivity contribution < 1.29 is 2.74 Å². The predicted octanol–water partition coefficient (Wildman–Crippen LogP) is 11.9. The van der Waals surface area contributed by atoms with E-state index in [1.807, 2.05) is 30.3 Å². The van der Waals surface area contributed by atoms with E-state index in [0.717, 1.165) is 49.7 Å². The van der Waals surface area contributed by atoms with Gasteiger partial charge in [-0.05, 0) is 97.4 Å². The van der Waals surface area contributed by atoms with Gasteiger partial charge in [-0.3, -0.25) is 0 Å². The zero-order chi connectivity index (χ0) is 31.4. The van der Waals surface area contributed by atoms with Crippen LogP contribution in [-0.2, 0) is 5.41 Å². The van der Waals surface area contributed by atoms with Crippen LogP contribution in [0.15, 0.2) is 152 Å². The van der Waals surface area contributed by atoms with Crippen molar-refractivity contribution in [3.8, 4) is 11.1 Å².